The number of anilines is 1. The van der Waals surface area contributed by atoms with Gasteiger partial charge in [0.05, 0.1) is 37.6 Å². The smallest absolute Gasteiger partial charge is 0.462 e. The van der Waals surface area contributed by atoms with Gasteiger partial charge in [-0.05, 0) is 44.1 Å². The van der Waals surface area contributed by atoms with Gasteiger partial charge in [-0.3, -0.25) is 23.2 Å². The lowest BCUT2D eigenvalue weighted by atomic mass is 9.82. The van der Waals surface area contributed by atoms with Gasteiger partial charge in [0, 0.05) is 37.3 Å². The van der Waals surface area contributed by atoms with Crippen molar-refractivity contribution in [2.75, 3.05) is 25.6 Å². The van der Waals surface area contributed by atoms with E-state index in [9.17, 15) is 58.8 Å². The molecule has 2 bridgehead atoms. The van der Waals surface area contributed by atoms with Crippen LogP contribution >= 0.6 is 15.6 Å². The summed E-state index contributed by atoms with van der Waals surface area (Å²) >= 11 is 0. The number of carbonyl (C=O) groups is 2. The lowest BCUT2D eigenvalue weighted by molar-refractivity contribution is -0.194. The number of aliphatic hydroxyl groups excluding tert-OH is 5. The minimum Gasteiger partial charge on any atom is -0.462 e. The van der Waals surface area contributed by atoms with E-state index in [1.165, 1.54) is 37.3 Å². The van der Waals surface area contributed by atoms with Crippen molar-refractivity contribution < 1.29 is 81.6 Å². The fourth-order valence-corrected chi connectivity index (χ4v) is 10.00. The molecule has 1 saturated heterocycles. The van der Waals surface area contributed by atoms with Gasteiger partial charge in [-0.2, -0.15) is 9.29 Å². The Balaban J connectivity index is 1.89. The van der Waals surface area contributed by atoms with Gasteiger partial charge in [-0.1, -0.05) is 109 Å². The summed E-state index contributed by atoms with van der Waals surface area (Å²) in [5.41, 5.74) is 4.77. The maximum absolute atomic E-state index is 13.3. The van der Waals surface area contributed by atoms with Gasteiger partial charge in [0.25, 0.3) is 0 Å². The number of hydrogen-bond donors (Lipinski definition) is 8. The number of esters is 2. The summed E-state index contributed by atoms with van der Waals surface area (Å²) in [6, 6.07) is 1.24. The molecule has 12 atom stereocenters. The zero-order valence-corrected chi connectivity index (χ0v) is 41.4. The number of nitrogens with two attached hydrogens (primary N) is 1. The van der Waals surface area contributed by atoms with Crippen LogP contribution in [0.2, 0.25) is 0 Å². The van der Waals surface area contributed by atoms with Crippen LogP contribution in [0.5, 0.6) is 0 Å². The number of aliphatic hydroxyl groups is 5. The van der Waals surface area contributed by atoms with Crippen molar-refractivity contribution in [3.8, 4) is 0 Å². The molecule has 390 valence electrons. The molecular formula is C45H77N3O18P2. The SMILES string of the molecule is CCCCC[C@H](O)C=C[C@@H]1[C@H](O)[C@H](O)[C@H]2COP(=O)(O)OP(=O)(O)OC[C@@H](COC(=O)CCCCCCCCCC(C)C)OC(=O)CCCC=CC[C@H]([C@H](n3ccc(N)nc3=O)O2)[C@@H](O)C[C@H]1O. The number of cyclic esters (lactones) is 1. The Bertz CT molecular complexity index is 1870. The second-order valence-electron chi connectivity index (χ2n) is 18.1. The molecule has 3 heterocycles. The van der Waals surface area contributed by atoms with Crippen LogP contribution in [0.1, 0.15) is 143 Å². The zero-order valence-electron chi connectivity index (χ0n) is 39.7. The van der Waals surface area contributed by atoms with E-state index in [0.29, 0.717) is 25.2 Å². The first-order valence-corrected chi connectivity index (χ1v) is 27.0. The molecule has 2 aliphatic heterocycles. The Morgan fingerprint density at radius 1 is 0.926 bits per heavy atom. The molecule has 0 radical (unpaired) electrons. The maximum Gasteiger partial charge on any atom is 0.481 e. The van der Waals surface area contributed by atoms with Crippen LogP contribution in [-0.4, -0.2) is 119 Å². The molecule has 68 heavy (non-hydrogen) atoms. The normalized spacial score (nSPS) is 31.3. The van der Waals surface area contributed by atoms with Gasteiger partial charge in [0.1, 0.15) is 30.9 Å². The van der Waals surface area contributed by atoms with Crippen LogP contribution in [0.15, 0.2) is 41.4 Å². The first-order valence-electron chi connectivity index (χ1n) is 24.0. The Hall–Kier alpha value is -2.88. The molecule has 0 aliphatic carbocycles. The zero-order chi connectivity index (χ0) is 50.3. The van der Waals surface area contributed by atoms with E-state index in [2.05, 4.69) is 23.1 Å². The van der Waals surface area contributed by atoms with Gasteiger partial charge in [0.2, 0.25) is 0 Å². The van der Waals surface area contributed by atoms with Crippen molar-refractivity contribution in [1.82, 2.24) is 9.55 Å². The van der Waals surface area contributed by atoms with Crippen LogP contribution < -0.4 is 11.4 Å². The molecule has 1 fully saturated rings. The number of rotatable bonds is 19. The third-order valence-electron chi connectivity index (χ3n) is 11.8. The Kier molecular flexibility index (Phi) is 26.9. The van der Waals surface area contributed by atoms with Crippen molar-refractivity contribution in [3.05, 3.63) is 47.1 Å². The molecule has 0 aromatic carbocycles. The molecule has 9 N–H and O–H groups in total. The van der Waals surface area contributed by atoms with Crippen molar-refractivity contribution in [3.63, 3.8) is 0 Å². The van der Waals surface area contributed by atoms with Crippen molar-refractivity contribution in [2.45, 2.75) is 185 Å². The number of hydrogen-bond acceptors (Lipinski definition) is 18. The number of aromatic nitrogens is 2. The quantitative estimate of drug-likeness (QED) is 0.0378. The van der Waals surface area contributed by atoms with Gasteiger partial charge >= 0.3 is 33.3 Å². The van der Waals surface area contributed by atoms with Crippen LogP contribution in [0.25, 0.3) is 0 Å². The monoisotopic (exact) mass is 1010 g/mol. The summed E-state index contributed by atoms with van der Waals surface area (Å²) in [6.45, 7) is 3.69. The Morgan fingerprint density at radius 3 is 2.26 bits per heavy atom. The third-order valence-corrected chi connectivity index (χ3v) is 14.4. The van der Waals surface area contributed by atoms with E-state index >= 15 is 0 Å². The average Bonchev–Trinajstić information content (AvgIpc) is 3.25. The number of fused-ring (bicyclic) bond motifs is 3. The second kappa shape index (κ2) is 30.8. The van der Waals surface area contributed by atoms with E-state index in [1.54, 1.807) is 12.2 Å². The number of carbonyl (C=O) groups excluding carboxylic acids is 2. The molecule has 2 aliphatic rings. The Labute approximate surface area is 399 Å². The van der Waals surface area contributed by atoms with Gasteiger partial charge in [-0.15, -0.1) is 0 Å². The summed E-state index contributed by atoms with van der Waals surface area (Å²) in [5.74, 6) is -3.45. The topological polar surface area (TPSA) is 326 Å². The molecule has 2 unspecified atom stereocenters. The first-order chi connectivity index (χ1) is 32.2. The minimum atomic E-state index is -5.70. The molecule has 23 heteroatoms. The summed E-state index contributed by atoms with van der Waals surface area (Å²) in [5, 5.41) is 57.3. The third kappa shape index (κ3) is 22.5. The number of ether oxygens (including phenoxy) is 3. The van der Waals surface area contributed by atoms with Crippen LogP contribution in [-0.2, 0) is 46.3 Å². The number of nitrogen functional groups attached to an aromatic ring is 1. The number of nitrogens with zero attached hydrogens (tertiary/aromatic N) is 2. The summed E-state index contributed by atoms with van der Waals surface area (Å²) in [7, 11) is -11.3. The maximum atomic E-state index is 13.3. The van der Waals surface area contributed by atoms with E-state index < -0.39 is 120 Å². The predicted molar refractivity (Wildman–Crippen MR) is 249 cm³/mol. The highest BCUT2D eigenvalue weighted by molar-refractivity contribution is 7.61. The van der Waals surface area contributed by atoms with Crippen LogP contribution in [0.3, 0.4) is 0 Å². The summed E-state index contributed by atoms with van der Waals surface area (Å²) < 4.78 is 58.8. The number of unbranched alkanes of at least 4 members (excludes halogenated alkanes) is 8. The number of phosphoric acid groups is 2. The summed E-state index contributed by atoms with van der Waals surface area (Å²) in [6.07, 6.45) is 4.55. The van der Waals surface area contributed by atoms with Crippen molar-refractivity contribution in [1.29, 1.82) is 0 Å². The van der Waals surface area contributed by atoms with Crippen molar-refractivity contribution >= 4 is 33.4 Å². The highest BCUT2D eigenvalue weighted by Crippen LogP contribution is 2.60. The molecule has 0 saturated carbocycles. The lowest BCUT2D eigenvalue weighted by Crippen LogP contribution is -2.52. The second-order valence-corrected chi connectivity index (χ2v) is 21.1. The largest absolute Gasteiger partial charge is 0.481 e. The highest BCUT2D eigenvalue weighted by Gasteiger charge is 2.45. The molecular weight excluding hydrogens is 932 g/mol. The van der Waals surface area contributed by atoms with Gasteiger partial charge in [0.15, 0.2) is 6.10 Å². The molecule has 0 spiro atoms. The highest BCUT2D eigenvalue weighted by atomic mass is 31.3. The van der Waals surface area contributed by atoms with Gasteiger partial charge < -0.3 is 55.3 Å². The van der Waals surface area contributed by atoms with Crippen LogP contribution in [0, 0.1) is 17.8 Å². The van der Waals surface area contributed by atoms with Gasteiger partial charge in [-0.25, -0.2) is 13.9 Å². The first kappa shape index (κ1) is 59.4. The predicted octanol–water partition coefficient (Wildman–Crippen LogP) is 5.29. The minimum absolute atomic E-state index is 0.0801. The van der Waals surface area contributed by atoms with Crippen molar-refractivity contribution in [2.24, 2.45) is 17.8 Å². The average molecular weight is 1010 g/mol. The fourth-order valence-electron chi connectivity index (χ4n) is 7.89. The standard InChI is InChI=1S/C45H77N3O18P2/c1-4-5-13-19-32(49)23-24-34-36(50)27-37(51)35-20-15-11-12-17-22-41(53)64-33(28-61-40(52)21-16-10-8-6-7-9-14-18-31(2)3)29-62-67(57,58)66-68(59,60)63-30-38(43(55)42(34)54)65-44(35)48-26-25-39(46)47-45(48)56/h11,15,23-26,31-38,42-44,49-51,54-55H,4-10,12-14,16-22,27-30H2,1-3H3,(H,57,58)(H,59,60)(H2,46,47,56)/t32-,33+,34-,35-,36+,37-,38+,42-,43+,44+/m0/s1. The summed E-state index contributed by atoms with van der Waals surface area (Å²) in [4.78, 5) is 63.9. The van der Waals surface area contributed by atoms with E-state index in [0.717, 1.165) is 49.5 Å². The van der Waals surface area contributed by atoms with E-state index in [1.807, 2.05) is 6.92 Å². The Morgan fingerprint density at radius 2 is 1.59 bits per heavy atom. The van der Waals surface area contributed by atoms with E-state index in [4.69, 9.17) is 29.0 Å². The molecule has 3 rings (SSSR count). The molecule has 21 nitrogen and oxygen atoms in total. The molecule has 1 aromatic heterocycles. The van der Waals surface area contributed by atoms with E-state index in [-0.39, 0.29) is 37.9 Å². The molecule has 1 aromatic rings. The van der Waals surface area contributed by atoms with Crippen LogP contribution in [0.4, 0.5) is 5.82 Å². The lowest BCUT2D eigenvalue weighted by Gasteiger charge is -2.40. The fraction of sp³-hybridized carbons (Fsp3) is 0.778. The number of allylic oxidation sites excluding steroid dienone is 2. The number of phosphoric ester groups is 2. The molecule has 0 amide bonds.